The van der Waals surface area contributed by atoms with Crippen LogP contribution in [0.15, 0.2) is 36.5 Å². The van der Waals surface area contributed by atoms with E-state index < -0.39 is 5.95 Å². The van der Waals surface area contributed by atoms with Crippen molar-refractivity contribution in [1.82, 2.24) is 14.9 Å². The van der Waals surface area contributed by atoms with E-state index in [1.165, 1.54) is 18.9 Å². The van der Waals surface area contributed by atoms with Gasteiger partial charge in [-0.1, -0.05) is 6.07 Å². The predicted molar refractivity (Wildman–Crippen MR) is 94.2 cm³/mol. The van der Waals surface area contributed by atoms with Gasteiger partial charge in [0, 0.05) is 38.9 Å². The topological polar surface area (TPSA) is 41.5 Å². The normalized spacial score (nSPS) is 21.0. The van der Waals surface area contributed by atoms with Gasteiger partial charge in [-0.05, 0) is 43.5 Å². The SMILES string of the molecule is Fc1cccc(CN2CC[C@H](Oc3cccnc3N3CCCC3)C2)n1. The molecule has 0 aromatic carbocycles. The van der Waals surface area contributed by atoms with Crippen LogP contribution in [-0.4, -0.2) is 47.2 Å². The molecule has 4 rings (SSSR count). The molecule has 2 aromatic heterocycles. The summed E-state index contributed by atoms with van der Waals surface area (Å²) in [7, 11) is 0. The Morgan fingerprint density at radius 3 is 2.84 bits per heavy atom. The molecular formula is C19H23FN4O. The lowest BCUT2D eigenvalue weighted by Crippen LogP contribution is -2.26. The van der Waals surface area contributed by atoms with Crippen LogP contribution in [-0.2, 0) is 6.54 Å². The molecule has 25 heavy (non-hydrogen) atoms. The quantitative estimate of drug-likeness (QED) is 0.782. The van der Waals surface area contributed by atoms with Gasteiger partial charge in [-0.2, -0.15) is 4.39 Å². The van der Waals surface area contributed by atoms with Crippen LogP contribution in [0.4, 0.5) is 10.2 Å². The molecule has 1 atom stereocenters. The Hall–Kier alpha value is -2.21. The molecule has 0 aliphatic carbocycles. The highest BCUT2D eigenvalue weighted by Crippen LogP contribution is 2.30. The number of ether oxygens (including phenoxy) is 1. The van der Waals surface area contributed by atoms with E-state index in [4.69, 9.17) is 4.74 Å². The number of aromatic nitrogens is 2. The maximum Gasteiger partial charge on any atom is 0.213 e. The number of hydrogen-bond acceptors (Lipinski definition) is 5. The summed E-state index contributed by atoms with van der Waals surface area (Å²) >= 11 is 0. The minimum atomic E-state index is -0.421. The molecule has 0 spiro atoms. The largest absolute Gasteiger partial charge is 0.485 e. The molecule has 0 amide bonds. The highest BCUT2D eigenvalue weighted by molar-refractivity contribution is 5.52. The smallest absolute Gasteiger partial charge is 0.213 e. The van der Waals surface area contributed by atoms with Gasteiger partial charge in [0.05, 0.1) is 5.69 Å². The first-order chi connectivity index (χ1) is 12.3. The Bertz CT molecular complexity index is 720. The van der Waals surface area contributed by atoms with E-state index in [1.807, 2.05) is 24.4 Å². The second-order valence-electron chi connectivity index (χ2n) is 6.73. The van der Waals surface area contributed by atoms with Gasteiger partial charge in [-0.25, -0.2) is 9.97 Å². The lowest BCUT2D eigenvalue weighted by atomic mass is 10.3. The highest BCUT2D eigenvalue weighted by Gasteiger charge is 2.26. The van der Waals surface area contributed by atoms with Gasteiger partial charge in [0.25, 0.3) is 0 Å². The molecule has 2 fully saturated rings. The van der Waals surface area contributed by atoms with Crippen LogP contribution in [0.1, 0.15) is 25.0 Å². The van der Waals surface area contributed by atoms with Crippen molar-refractivity contribution in [3.8, 4) is 5.75 Å². The predicted octanol–water partition coefficient (Wildman–Crippen LogP) is 2.87. The maximum atomic E-state index is 13.2. The zero-order valence-corrected chi connectivity index (χ0v) is 14.3. The summed E-state index contributed by atoms with van der Waals surface area (Å²) in [5, 5.41) is 0. The first kappa shape index (κ1) is 16.3. The Morgan fingerprint density at radius 2 is 2.00 bits per heavy atom. The van der Waals surface area contributed by atoms with Gasteiger partial charge >= 0.3 is 0 Å². The van der Waals surface area contributed by atoms with Gasteiger partial charge < -0.3 is 9.64 Å². The van der Waals surface area contributed by atoms with Crippen LogP contribution in [0.2, 0.25) is 0 Å². The number of halogens is 1. The summed E-state index contributed by atoms with van der Waals surface area (Å²) in [6.07, 6.45) is 5.36. The monoisotopic (exact) mass is 342 g/mol. The van der Waals surface area contributed by atoms with Gasteiger partial charge in [-0.15, -0.1) is 0 Å². The molecule has 0 radical (unpaired) electrons. The zero-order valence-electron chi connectivity index (χ0n) is 14.3. The summed E-state index contributed by atoms with van der Waals surface area (Å²) in [5.41, 5.74) is 0.764. The fourth-order valence-electron chi connectivity index (χ4n) is 3.62. The molecule has 0 unspecified atom stereocenters. The fraction of sp³-hybridized carbons (Fsp3) is 0.474. The summed E-state index contributed by atoms with van der Waals surface area (Å²) in [6, 6.07) is 8.89. The van der Waals surface area contributed by atoms with E-state index in [-0.39, 0.29) is 6.10 Å². The average Bonchev–Trinajstić information content (AvgIpc) is 3.28. The van der Waals surface area contributed by atoms with Crippen LogP contribution in [0.25, 0.3) is 0 Å². The Balaban J connectivity index is 1.38. The second kappa shape index (κ2) is 7.35. The third-order valence-corrected chi connectivity index (χ3v) is 4.84. The van der Waals surface area contributed by atoms with E-state index in [9.17, 15) is 4.39 Å². The van der Waals surface area contributed by atoms with Gasteiger partial charge in [0.2, 0.25) is 5.95 Å². The van der Waals surface area contributed by atoms with Crippen molar-refractivity contribution in [1.29, 1.82) is 0 Å². The van der Waals surface area contributed by atoms with Crippen LogP contribution in [0.5, 0.6) is 5.75 Å². The molecule has 2 aliphatic rings. The Labute approximate surface area is 147 Å². The molecule has 132 valence electrons. The third-order valence-electron chi connectivity index (χ3n) is 4.84. The van der Waals surface area contributed by atoms with Gasteiger partial charge in [0.15, 0.2) is 11.6 Å². The molecule has 2 saturated heterocycles. The fourth-order valence-corrected chi connectivity index (χ4v) is 3.62. The van der Waals surface area contributed by atoms with Crippen molar-refractivity contribution in [3.63, 3.8) is 0 Å². The van der Waals surface area contributed by atoms with Crippen LogP contribution >= 0.6 is 0 Å². The molecule has 0 bridgehead atoms. The van der Waals surface area contributed by atoms with Crippen LogP contribution in [0, 0.1) is 5.95 Å². The van der Waals surface area contributed by atoms with Crippen molar-refractivity contribution in [3.05, 3.63) is 48.2 Å². The van der Waals surface area contributed by atoms with Crippen molar-refractivity contribution < 1.29 is 9.13 Å². The van der Waals surface area contributed by atoms with Crippen molar-refractivity contribution in [2.45, 2.75) is 31.9 Å². The number of nitrogens with zero attached hydrogens (tertiary/aromatic N) is 4. The number of anilines is 1. The van der Waals surface area contributed by atoms with Crippen LogP contribution in [0.3, 0.4) is 0 Å². The summed E-state index contributed by atoms with van der Waals surface area (Å²) < 4.78 is 19.5. The standard InChI is InChI=1S/C19H23FN4O/c20-18-7-3-5-15(22-18)13-23-12-8-16(14-23)25-17-6-4-9-21-19(17)24-10-1-2-11-24/h3-7,9,16H,1-2,8,10-14H2/t16-/m0/s1. The second-order valence-corrected chi connectivity index (χ2v) is 6.73. The van der Waals surface area contributed by atoms with Crippen molar-refractivity contribution in [2.75, 3.05) is 31.1 Å². The van der Waals surface area contributed by atoms with E-state index in [1.54, 1.807) is 6.07 Å². The highest BCUT2D eigenvalue weighted by atomic mass is 19.1. The molecule has 0 N–H and O–H groups in total. The Kier molecular flexibility index (Phi) is 4.78. The number of pyridine rings is 2. The van der Waals surface area contributed by atoms with E-state index in [2.05, 4.69) is 19.8 Å². The van der Waals surface area contributed by atoms with Gasteiger partial charge in [-0.3, -0.25) is 4.90 Å². The zero-order chi connectivity index (χ0) is 17.1. The maximum absolute atomic E-state index is 13.2. The van der Waals surface area contributed by atoms with Crippen LogP contribution < -0.4 is 9.64 Å². The number of rotatable bonds is 5. The molecule has 2 aliphatic heterocycles. The molecule has 4 heterocycles. The number of hydrogen-bond donors (Lipinski definition) is 0. The molecule has 6 heteroatoms. The van der Waals surface area contributed by atoms with E-state index in [0.717, 1.165) is 49.9 Å². The Morgan fingerprint density at radius 1 is 1.12 bits per heavy atom. The lowest BCUT2D eigenvalue weighted by molar-refractivity contribution is 0.197. The van der Waals surface area contributed by atoms with E-state index in [0.29, 0.717) is 6.54 Å². The average molecular weight is 342 g/mol. The summed E-state index contributed by atoms with van der Waals surface area (Å²) in [4.78, 5) is 13.0. The molecular weight excluding hydrogens is 319 g/mol. The first-order valence-corrected chi connectivity index (χ1v) is 8.98. The molecule has 0 saturated carbocycles. The van der Waals surface area contributed by atoms with Gasteiger partial charge in [0.1, 0.15) is 6.10 Å². The minimum Gasteiger partial charge on any atom is -0.485 e. The molecule has 5 nitrogen and oxygen atoms in total. The van der Waals surface area contributed by atoms with Crippen molar-refractivity contribution in [2.24, 2.45) is 0 Å². The summed E-state index contributed by atoms with van der Waals surface area (Å²) in [5.74, 6) is 1.42. The third kappa shape index (κ3) is 3.90. The first-order valence-electron chi connectivity index (χ1n) is 8.98. The number of likely N-dealkylation sites (tertiary alicyclic amines) is 1. The molecule has 2 aromatic rings. The van der Waals surface area contributed by atoms with Crippen molar-refractivity contribution >= 4 is 5.82 Å². The summed E-state index contributed by atoms with van der Waals surface area (Å²) in [6.45, 7) is 4.52. The minimum absolute atomic E-state index is 0.138. The van der Waals surface area contributed by atoms with E-state index >= 15 is 0 Å². The lowest BCUT2D eigenvalue weighted by Gasteiger charge is -2.22.